The molecule has 0 aliphatic carbocycles. The van der Waals surface area contributed by atoms with Crippen molar-refractivity contribution < 1.29 is 14.3 Å². The van der Waals surface area contributed by atoms with Gasteiger partial charge in [0.25, 0.3) is 0 Å². The Morgan fingerprint density at radius 2 is 2.10 bits per heavy atom. The van der Waals surface area contributed by atoms with Gasteiger partial charge in [-0.1, -0.05) is 37.3 Å². The molecule has 4 heteroatoms. The van der Waals surface area contributed by atoms with Gasteiger partial charge in [-0.05, 0) is 41.5 Å². The molecule has 20 heavy (non-hydrogen) atoms. The lowest BCUT2D eigenvalue weighted by molar-refractivity contribution is -0.143. The SMILES string of the molecule is CCC(C)(OCc1ccccc1)C1CC(=O)C(I)=CO1. The number of carbonyl (C=O) groups is 1. The molecule has 0 amide bonds. The molecule has 108 valence electrons. The molecule has 0 saturated carbocycles. The first kappa shape index (κ1) is 15.5. The molecule has 1 aromatic rings. The fourth-order valence-electron chi connectivity index (χ4n) is 2.13. The average molecular weight is 386 g/mol. The largest absolute Gasteiger partial charge is 0.493 e. The van der Waals surface area contributed by atoms with E-state index in [9.17, 15) is 4.79 Å². The van der Waals surface area contributed by atoms with Crippen molar-refractivity contribution in [2.45, 2.75) is 45.0 Å². The van der Waals surface area contributed by atoms with Crippen LogP contribution in [0.1, 0.15) is 32.3 Å². The highest BCUT2D eigenvalue weighted by Gasteiger charge is 2.38. The van der Waals surface area contributed by atoms with Gasteiger partial charge in [0.15, 0.2) is 5.78 Å². The molecule has 2 rings (SSSR count). The molecule has 0 spiro atoms. The van der Waals surface area contributed by atoms with Crippen LogP contribution in [0.2, 0.25) is 0 Å². The summed E-state index contributed by atoms with van der Waals surface area (Å²) in [7, 11) is 0. The van der Waals surface area contributed by atoms with Crippen LogP contribution in [0.3, 0.4) is 0 Å². The Bertz CT molecular complexity index is 498. The highest BCUT2D eigenvalue weighted by Crippen LogP contribution is 2.31. The van der Waals surface area contributed by atoms with Crippen molar-refractivity contribution in [3.05, 3.63) is 45.7 Å². The summed E-state index contributed by atoms with van der Waals surface area (Å²) in [4.78, 5) is 11.8. The summed E-state index contributed by atoms with van der Waals surface area (Å²) in [6.45, 7) is 4.60. The van der Waals surface area contributed by atoms with Crippen molar-refractivity contribution in [2.75, 3.05) is 0 Å². The molecule has 0 saturated heterocycles. The van der Waals surface area contributed by atoms with E-state index < -0.39 is 5.60 Å². The van der Waals surface area contributed by atoms with Crippen LogP contribution in [0.4, 0.5) is 0 Å². The van der Waals surface area contributed by atoms with Crippen molar-refractivity contribution in [3.8, 4) is 0 Å². The zero-order valence-corrected chi connectivity index (χ0v) is 13.9. The fourth-order valence-corrected chi connectivity index (χ4v) is 2.49. The van der Waals surface area contributed by atoms with E-state index in [1.54, 1.807) is 6.26 Å². The second kappa shape index (κ2) is 6.72. The maximum absolute atomic E-state index is 11.8. The number of hydrogen-bond acceptors (Lipinski definition) is 3. The van der Waals surface area contributed by atoms with Gasteiger partial charge in [-0.3, -0.25) is 4.79 Å². The normalized spacial score (nSPS) is 21.9. The molecular formula is C16H19IO3. The summed E-state index contributed by atoms with van der Waals surface area (Å²) >= 11 is 2.01. The highest BCUT2D eigenvalue weighted by atomic mass is 127. The minimum absolute atomic E-state index is 0.129. The quantitative estimate of drug-likeness (QED) is 0.718. The first-order valence-corrected chi connectivity index (χ1v) is 7.85. The number of halogens is 1. The predicted molar refractivity (Wildman–Crippen MR) is 86.5 cm³/mol. The van der Waals surface area contributed by atoms with Crippen LogP contribution < -0.4 is 0 Å². The molecule has 1 aliphatic rings. The van der Waals surface area contributed by atoms with Gasteiger partial charge in [-0.2, -0.15) is 0 Å². The van der Waals surface area contributed by atoms with E-state index in [4.69, 9.17) is 9.47 Å². The number of allylic oxidation sites excluding steroid dienone is 1. The van der Waals surface area contributed by atoms with Crippen LogP contribution in [0.5, 0.6) is 0 Å². The number of ketones is 1. The van der Waals surface area contributed by atoms with E-state index in [0.717, 1.165) is 12.0 Å². The van der Waals surface area contributed by atoms with E-state index in [2.05, 4.69) is 6.92 Å². The van der Waals surface area contributed by atoms with E-state index in [0.29, 0.717) is 16.6 Å². The first-order valence-electron chi connectivity index (χ1n) is 6.77. The van der Waals surface area contributed by atoms with E-state index in [1.165, 1.54) is 0 Å². The lowest BCUT2D eigenvalue weighted by atomic mass is 9.90. The summed E-state index contributed by atoms with van der Waals surface area (Å²) in [6.07, 6.45) is 2.51. The van der Waals surface area contributed by atoms with E-state index in [1.807, 2.05) is 59.8 Å². The van der Waals surface area contributed by atoms with Crippen molar-refractivity contribution in [2.24, 2.45) is 0 Å². The molecule has 0 radical (unpaired) electrons. The maximum atomic E-state index is 11.8. The van der Waals surface area contributed by atoms with Gasteiger partial charge in [0, 0.05) is 0 Å². The molecular weight excluding hydrogens is 367 g/mol. The smallest absolute Gasteiger partial charge is 0.175 e. The van der Waals surface area contributed by atoms with Crippen molar-refractivity contribution in [3.63, 3.8) is 0 Å². The van der Waals surface area contributed by atoms with Gasteiger partial charge in [-0.15, -0.1) is 0 Å². The monoisotopic (exact) mass is 386 g/mol. The number of hydrogen-bond donors (Lipinski definition) is 0. The first-order chi connectivity index (χ1) is 9.55. The number of carbonyl (C=O) groups excluding carboxylic acids is 1. The van der Waals surface area contributed by atoms with Crippen LogP contribution in [-0.4, -0.2) is 17.5 Å². The van der Waals surface area contributed by atoms with Crippen molar-refractivity contribution in [1.29, 1.82) is 0 Å². The van der Waals surface area contributed by atoms with Crippen LogP contribution in [-0.2, 0) is 20.9 Å². The van der Waals surface area contributed by atoms with Gasteiger partial charge in [0.2, 0.25) is 0 Å². The zero-order valence-electron chi connectivity index (χ0n) is 11.8. The van der Waals surface area contributed by atoms with Crippen LogP contribution in [0, 0.1) is 0 Å². The summed E-state index contributed by atoms with van der Waals surface area (Å²) < 4.78 is 12.4. The molecule has 0 fully saturated rings. The lowest BCUT2D eigenvalue weighted by Gasteiger charge is -2.37. The summed E-state index contributed by atoms with van der Waals surface area (Å²) in [5.41, 5.74) is 0.665. The zero-order chi connectivity index (χ0) is 14.6. The molecule has 1 heterocycles. The topological polar surface area (TPSA) is 35.5 Å². The standard InChI is InChI=1S/C16H19IO3/c1-3-16(2,15-9-14(18)13(17)11-19-15)20-10-12-7-5-4-6-8-12/h4-8,11,15H,3,9-10H2,1-2H3. The summed E-state index contributed by atoms with van der Waals surface area (Å²) in [5.74, 6) is 0.129. The van der Waals surface area contributed by atoms with Gasteiger partial charge in [0.05, 0.1) is 16.6 Å². The third kappa shape index (κ3) is 3.61. The third-order valence-electron chi connectivity index (χ3n) is 3.77. The molecule has 1 aliphatic heterocycles. The highest BCUT2D eigenvalue weighted by molar-refractivity contribution is 14.1. The van der Waals surface area contributed by atoms with E-state index in [-0.39, 0.29) is 11.9 Å². The average Bonchev–Trinajstić information content (AvgIpc) is 2.48. The molecule has 2 atom stereocenters. The Morgan fingerprint density at radius 1 is 1.40 bits per heavy atom. The van der Waals surface area contributed by atoms with Gasteiger partial charge in [0.1, 0.15) is 18.0 Å². The number of rotatable bonds is 5. The second-order valence-electron chi connectivity index (χ2n) is 5.16. The number of ether oxygens (including phenoxy) is 2. The Labute approximate surface area is 133 Å². The third-order valence-corrected chi connectivity index (χ3v) is 4.62. The fraction of sp³-hybridized carbons (Fsp3) is 0.438. The van der Waals surface area contributed by atoms with Gasteiger partial charge in [-0.25, -0.2) is 0 Å². The number of benzene rings is 1. The predicted octanol–water partition coefficient (Wildman–Crippen LogP) is 4.01. The minimum atomic E-state index is -0.459. The molecule has 2 unspecified atom stereocenters. The van der Waals surface area contributed by atoms with Gasteiger partial charge >= 0.3 is 0 Å². The molecule has 0 N–H and O–H groups in total. The Balaban J connectivity index is 2.04. The van der Waals surface area contributed by atoms with Gasteiger partial charge < -0.3 is 9.47 Å². The summed E-state index contributed by atoms with van der Waals surface area (Å²) in [6, 6.07) is 10.0. The summed E-state index contributed by atoms with van der Waals surface area (Å²) in [5, 5.41) is 0. The lowest BCUT2D eigenvalue weighted by Crippen LogP contribution is -2.45. The maximum Gasteiger partial charge on any atom is 0.175 e. The Kier molecular flexibility index (Phi) is 5.21. The molecule has 0 aromatic heterocycles. The minimum Gasteiger partial charge on any atom is -0.493 e. The second-order valence-corrected chi connectivity index (χ2v) is 6.32. The molecule has 0 bridgehead atoms. The van der Waals surface area contributed by atoms with Crippen LogP contribution in [0.15, 0.2) is 40.2 Å². The Morgan fingerprint density at radius 3 is 2.70 bits per heavy atom. The molecule has 1 aromatic carbocycles. The van der Waals surface area contributed by atoms with E-state index >= 15 is 0 Å². The Hall–Kier alpha value is -0.880. The van der Waals surface area contributed by atoms with Crippen LogP contribution >= 0.6 is 22.6 Å². The van der Waals surface area contributed by atoms with Crippen LogP contribution in [0.25, 0.3) is 0 Å². The van der Waals surface area contributed by atoms with Crippen molar-refractivity contribution in [1.82, 2.24) is 0 Å². The number of Topliss-reactive ketones (excluding diaryl/α,β-unsaturated/α-hetero) is 1. The molecule has 3 nitrogen and oxygen atoms in total. The van der Waals surface area contributed by atoms with Crippen molar-refractivity contribution >= 4 is 28.4 Å².